The largest absolute Gasteiger partial charge is 0.409 e. The minimum absolute atomic E-state index is 0.324. The highest BCUT2D eigenvalue weighted by Crippen LogP contribution is 2.35. The van der Waals surface area contributed by atoms with Crippen LogP contribution in [0.5, 0.6) is 0 Å². The van der Waals surface area contributed by atoms with E-state index in [9.17, 15) is 0 Å². The van der Waals surface area contributed by atoms with Crippen molar-refractivity contribution in [3.8, 4) is 0 Å². The zero-order valence-corrected chi connectivity index (χ0v) is 11.8. The van der Waals surface area contributed by atoms with E-state index in [0.717, 1.165) is 19.4 Å². The minimum Gasteiger partial charge on any atom is -0.409 e. The van der Waals surface area contributed by atoms with Crippen molar-refractivity contribution in [3.05, 3.63) is 21.9 Å². The van der Waals surface area contributed by atoms with Crippen LogP contribution in [0.2, 0.25) is 0 Å². The molecule has 0 spiro atoms. The number of fused-ring (bicyclic) bond motifs is 1. The number of hydrogen-bond donors (Lipinski definition) is 2. The molecule has 1 aliphatic rings. The third-order valence-electron chi connectivity index (χ3n) is 3.84. The van der Waals surface area contributed by atoms with Crippen LogP contribution >= 0.6 is 11.3 Å². The molecule has 3 N–H and O–H groups in total. The summed E-state index contributed by atoms with van der Waals surface area (Å²) in [5, 5.41) is 14.0. The predicted octanol–water partition coefficient (Wildman–Crippen LogP) is 2.58. The van der Waals surface area contributed by atoms with E-state index in [2.05, 4.69) is 35.3 Å². The van der Waals surface area contributed by atoms with Gasteiger partial charge in [-0.3, -0.25) is 4.90 Å². The smallest absolute Gasteiger partial charge is 0.140 e. The molecule has 2 rings (SSSR count). The van der Waals surface area contributed by atoms with Crippen molar-refractivity contribution >= 4 is 17.2 Å². The quantitative estimate of drug-likeness (QED) is 0.381. The third-order valence-corrected chi connectivity index (χ3v) is 4.83. The molecular weight excluding hydrogens is 246 g/mol. The van der Waals surface area contributed by atoms with Crippen molar-refractivity contribution in [1.82, 2.24) is 4.90 Å². The molecule has 0 bridgehead atoms. The average molecular weight is 267 g/mol. The molecule has 4 nitrogen and oxygen atoms in total. The van der Waals surface area contributed by atoms with Gasteiger partial charge in [0.15, 0.2) is 0 Å². The van der Waals surface area contributed by atoms with Gasteiger partial charge in [0.1, 0.15) is 5.84 Å². The van der Waals surface area contributed by atoms with Crippen LogP contribution in [0.15, 0.2) is 16.6 Å². The molecule has 2 atom stereocenters. The molecule has 0 radical (unpaired) electrons. The van der Waals surface area contributed by atoms with Crippen LogP contribution in [0.3, 0.4) is 0 Å². The molecular formula is C13H21N3OS. The first-order valence-corrected chi connectivity index (χ1v) is 7.33. The molecule has 100 valence electrons. The van der Waals surface area contributed by atoms with Crippen molar-refractivity contribution in [1.29, 1.82) is 0 Å². The zero-order chi connectivity index (χ0) is 13.1. The van der Waals surface area contributed by atoms with Gasteiger partial charge in [0, 0.05) is 29.9 Å². The van der Waals surface area contributed by atoms with E-state index in [4.69, 9.17) is 10.9 Å². The van der Waals surface area contributed by atoms with E-state index in [-0.39, 0.29) is 0 Å². The van der Waals surface area contributed by atoms with Gasteiger partial charge in [0.2, 0.25) is 0 Å². The van der Waals surface area contributed by atoms with Crippen LogP contribution in [0, 0.1) is 0 Å². The Hall–Kier alpha value is -1.07. The lowest BCUT2D eigenvalue weighted by Gasteiger charge is -2.39. The first kappa shape index (κ1) is 13.4. The molecule has 0 saturated carbocycles. The van der Waals surface area contributed by atoms with E-state index < -0.39 is 0 Å². The molecule has 1 aliphatic heterocycles. The molecule has 5 heteroatoms. The van der Waals surface area contributed by atoms with E-state index in [1.54, 1.807) is 0 Å². The van der Waals surface area contributed by atoms with Crippen molar-refractivity contribution in [3.63, 3.8) is 0 Å². The fourth-order valence-corrected chi connectivity index (χ4v) is 3.77. The van der Waals surface area contributed by atoms with Gasteiger partial charge >= 0.3 is 0 Å². The maximum Gasteiger partial charge on any atom is 0.140 e. The normalized spacial score (nSPS) is 22.8. The highest BCUT2D eigenvalue weighted by atomic mass is 32.1. The summed E-state index contributed by atoms with van der Waals surface area (Å²) in [7, 11) is 0. The maximum atomic E-state index is 8.71. The summed E-state index contributed by atoms with van der Waals surface area (Å²) in [5.74, 6) is 0.324. The fourth-order valence-electron chi connectivity index (χ4n) is 2.81. The molecule has 1 aromatic rings. The van der Waals surface area contributed by atoms with Crippen molar-refractivity contribution < 1.29 is 5.21 Å². The van der Waals surface area contributed by atoms with Crippen LogP contribution in [-0.4, -0.2) is 28.5 Å². The lowest BCUT2D eigenvalue weighted by atomic mass is 9.97. The topological polar surface area (TPSA) is 61.9 Å². The Morgan fingerprint density at radius 1 is 1.72 bits per heavy atom. The monoisotopic (exact) mass is 267 g/mol. The van der Waals surface area contributed by atoms with Gasteiger partial charge in [-0.2, -0.15) is 0 Å². The molecule has 2 unspecified atom stereocenters. The van der Waals surface area contributed by atoms with E-state index in [0.29, 0.717) is 24.3 Å². The highest BCUT2D eigenvalue weighted by Gasteiger charge is 2.29. The number of oxime groups is 1. The average Bonchev–Trinajstić information content (AvgIpc) is 2.86. The lowest BCUT2D eigenvalue weighted by molar-refractivity contribution is 0.133. The standard InChI is InChI=1S/C13H21N3OS/c1-3-10(8-13(14)15-17)16-6-4-12-11(9(16)2)5-7-18-12/h5,7,9-10,17H,3-4,6,8H2,1-2H3,(H2,14,15). The third kappa shape index (κ3) is 2.52. The fraction of sp³-hybridized carbons (Fsp3) is 0.615. The second-order valence-electron chi connectivity index (χ2n) is 4.82. The number of nitrogens with zero attached hydrogens (tertiary/aromatic N) is 2. The van der Waals surface area contributed by atoms with Gasteiger partial charge in [0.05, 0.1) is 0 Å². The molecule has 18 heavy (non-hydrogen) atoms. The molecule has 0 amide bonds. The minimum atomic E-state index is 0.324. The number of thiophene rings is 1. The first-order valence-electron chi connectivity index (χ1n) is 6.45. The summed E-state index contributed by atoms with van der Waals surface area (Å²) in [6.07, 6.45) is 2.76. The van der Waals surface area contributed by atoms with Gasteiger partial charge < -0.3 is 10.9 Å². The van der Waals surface area contributed by atoms with E-state index >= 15 is 0 Å². The van der Waals surface area contributed by atoms with Crippen LogP contribution in [-0.2, 0) is 6.42 Å². The number of nitrogens with two attached hydrogens (primary N) is 1. The number of hydrogen-bond acceptors (Lipinski definition) is 4. The van der Waals surface area contributed by atoms with Crippen molar-refractivity contribution in [2.45, 2.75) is 45.2 Å². The second kappa shape index (κ2) is 5.71. The second-order valence-corrected chi connectivity index (χ2v) is 5.82. The van der Waals surface area contributed by atoms with E-state index in [1.165, 1.54) is 10.4 Å². The Morgan fingerprint density at radius 3 is 3.17 bits per heavy atom. The Kier molecular flexibility index (Phi) is 4.24. The van der Waals surface area contributed by atoms with Crippen LogP contribution in [0.1, 0.15) is 43.2 Å². The summed E-state index contributed by atoms with van der Waals surface area (Å²) < 4.78 is 0. The summed E-state index contributed by atoms with van der Waals surface area (Å²) in [6, 6.07) is 3.01. The van der Waals surface area contributed by atoms with Gasteiger partial charge in [-0.1, -0.05) is 12.1 Å². The summed E-state index contributed by atoms with van der Waals surface area (Å²) in [4.78, 5) is 3.99. The first-order chi connectivity index (χ1) is 8.67. The Labute approximate surface area is 112 Å². The molecule has 0 aromatic carbocycles. The maximum absolute atomic E-state index is 8.71. The molecule has 0 aliphatic carbocycles. The van der Waals surface area contributed by atoms with Crippen LogP contribution < -0.4 is 5.73 Å². The van der Waals surface area contributed by atoms with Crippen LogP contribution in [0.25, 0.3) is 0 Å². The van der Waals surface area contributed by atoms with Gasteiger partial charge in [0.25, 0.3) is 0 Å². The van der Waals surface area contributed by atoms with Crippen LogP contribution in [0.4, 0.5) is 0 Å². The van der Waals surface area contributed by atoms with E-state index in [1.807, 2.05) is 11.3 Å². The van der Waals surface area contributed by atoms with Gasteiger partial charge in [-0.15, -0.1) is 11.3 Å². The van der Waals surface area contributed by atoms with Gasteiger partial charge in [-0.25, -0.2) is 0 Å². The summed E-state index contributed by atoms with van der Waals surface area (Å²) in [5.41, 5.74) is 7.10. The van der Waals surface area contributed by atoms with Crippen molar-refractivity contribution in [2.24, 2.45) is 10.9 Å². The highest BCUT2D eigenvalue weighted by molar-refractivity contribution is 7.10. The van der Waals surface area contributed by atoms with Gasteiger partial charge in [-0.05, 0) is 36.8 Å². The Balaban J connectivity index is 2.13. The lowest BCUT2D eigenvalue weighted by Crippen LogP contribution is -2.43. The summed E-state index contributed by atoms with van der Waals surface area (Å²) >= 11 is 1.85. The molecule has 1 aromatic heterocycles. The molecule has 0 fully saturated rings. The Morgan fingerprint density at radius 2 is 2.50 bits per heavy atom. The van der Waals surface area contributed by atoms with Crippen molar-refractivity contribution in [2.75, 3.05) is 6.54 Å². The predicted molar refractivity (Wildman–Crippen MR) is 75.2 cm³/mol. The zero-order valence-electron chi connectivity index (χ0n) is 11.0. The number of amidine groups is 1. The molecule has 2 heterocycles. The SMILES string of the molecule is CCC(CC(N)=NO)N1CCc2sccc2C1C. The Bertz CT molecular complexity index is 430. The molecule has 0 saturated heterocycles. The summed E-state index contributed by atoms with van der Waals surface area (Å²) in [6.45, 7) is 5.47. The number of rotatable bonds is 4.